The van der Waals surface area contributed by atoms with Crippen LogP contribution in [0, 0.1) is 11.3 Å². The van der Waals surface area contributed by atoms with Gasteiger partial charge in [-0.1, -0.05) is 30.3 Å². The van der Waals surface area contributed by atoms with E-state index in [1.165, 1.54) is 11.4 Å². The molecule has 0 aliphatic heterocycles. The maximum Gasteiger partial charge on any atom is 0.239 e. The molecule has 0 bridgehead atoms. The fourth-order valence-corrected chi connectivity index (χ4v) is 3.03. The van der Waals surface area contributed by atoms with Crippen LogP contribution in [0.1, 0.15) is 11.1 Å². The highest BCUT2D eigenvalue weighted by Gasteiger charge is 2.18. The van der Waals surface area contributed by atoms with Crippen molar-refractivity contribution in [2.24, 2.45) is 0 Å². The first-order valence-corrected chi connectivity index (χ1v) is 7.64. The Hall–Kier alpha value is -2.32. The molecule has 4 nitrogen and oxygen atoms in total. The lowest BCUT2D eigenvalue weighted by molar-refractivity contribution is 0.593. The Kier molecular flexibility index (Phi) is 4.06. The number of anilines is 1. The zero-order valence-electron chi connectivity index (χ0n) is 11.0. The molecule has 2 rings (SSSR count). The van der Waals surface area contributed by atoms with Crippen LogP contribution in [0.25, 0.3) is 0 Å². The monoisotopic (exact) mass is 286 g/mol. The first-order valence-electron chi connectivity index (χ1n) is 6.03. The summed E-state index contributed by atoms with van der Waals surface area (Å²) in [4.78, 5) is 0. The average molecular weight is 286 g/mol. The van der Waals surface area contributed by atoms with Crippen molar-refractivity contribution >= 4 is 15.7 Å². The number of para-hydroxylation sites is 1. The summed E-state index contributed by atoms with van der Waals surface area (Å²) in [6, 6.07) is 17.5. The van der Waals surface area contributed by atoms with Crippen molar-refractivity contribution in [3.05, 3.63) is 65.7 Å². The summed E-state index contributed by atoms with van der Waals surface area (Å²) < 4.78 is 25.9. The van der Waals surface area contributed by atoms with E-state index in [-0.39, 0.29) is 5.75 Å². The molecule has 0 atom stereocenters. The topological polar surface area (TPSA) is 61.2 Å². The summed E-state index contributed by atoms with van der Waals surface area (Å²) in [6.45, 7) is 0. The van der Waals surface area contributed by atoms with Crippen molar-refractivity contribution in [1.29, 1.82) is 5.26 Å². The zero-order chi connectivity index (χ0) is 14.6. The number of hydrogen-bond donors (Lipinski definition) is 0. The van der Waals surface area contributed by atoms with Gasteiger partial charge in [0.2, 0.25) is 10.0 Å². The van der Waals surface area contributed by atoms with E-state index in [9.17, 15) is 8.42 Å². The lowest BCUT2D eigenvalue weighted by Crippen LogP contribution is -2.27. The van der Waals surface area contributed by atoms with Gasteiger partial charge in [0, 0.05) is 7.05 Å². The van der Waals surface area contributed by atoms with E-state index in [2.05, 4.69) is 0 Å². The van der Waals surface area contributed by atoms with Gasteiger partial charge in [0.1, 0.15) is 0 Å². The van der Waals surface area contributed by atoms with Gasteiger partial charge < -0.3 is 0 Å². The number of benzene rings is 2. The molecule has 0 saturated carbocycles. The van der Waals surface area contributed by atoms with Crippen LogP contribution in [-0.4, -0.2) is 15.5 Å². The second-order valence-electron chi connectivity index (χ2n) is 4.37. The first-order chi connectivity index (χ1) is 9.53. The second kappa shape index (κ2) is 5.76. The molecule has 0 heterocycles. The van der Waals surface area contributed by atoms with Crippen LogP contribution in [0.15, 0.2) is 54.6 Å². The fraction of sp³-hybridized carbons (Fsp3) is 0.133. The van der Waals surface area contributed by atoms with Gasteiger partial charge in [-0.25, -0.2) is 8.42 Å². The lowest BCUT2D eigenvalue weighted by atomic mass is 10.2. The summed E-state index contributed by atoms with van der Waals surface area (Å²) in [5, 5.41) is 8.72. The highest BCUT2D eigenvalue weighted by Crippen LogP contribution is 2.18. The molecule has 0 aromatic heterocycles. The van der Waals surface area contributed by atoms with Crippen molar-refractivity contribution in [2.75, 3.05) is 11.4 Å². The van der Waals surface area contributed by atoms with E-state index in [0.717, 1.165) is 0 Å². The molecule has 102 valence electrons. The Labute approximate surface area is 118 Å². The summed E-state index contributed by atoms with van der Waals surface area (Å²) in [5.41, 5.74) is 1.80. The summed E-state index contributed by atoms with van der Waals surface area (Å²) in [5.74, 6) is -0.0932. The molecule has 0 aliphatic carbocycles. The highest BCUT2D eigenvalue weighted by molar-refractivity contribution is 7.92. The average Bonchev–Trinajstić information content (AvgIpc) is 2.48. The molecule has 0 unspecified atom stereocenters. The van der Waals surface area contributed by atoms with Crippen LogP contribution in [0.3, 0.4) is 0 Å². The second-order valence-corrected chi connectivity index (χ2v) is 6.37. The fourth-order valence-electron chi connectivity index (χ4n) is 1.78. The predicted octanol–water partition coefficient (Wildman–Crippen LogP) is 2.52. The van der Waals surface area contributed by atoms with Crippen LogP contribution >= 0.6 is 0 Å². The van der Waals surface area contributed by atoms with Gasteiger partial charge in [-0.15, -0.1) is 0 Å². The van der Waals surface area contributed by atoms with Crippen molar-refractivity contribution in [3.63, 3.8) is 0 Å². The molecule has 20 heavy (non-hydrogen) atoms. The van der Waals surface area contributed by atoms with Crippen molar-refractivity contribution in [1.82, 2.24) is 0 Å². The standard InChI is InChI=1S/C15H14N2O2S/c1-17(15-5-3-2-4-6-15)20(18,19)12-14-9-7-13(11-16)8-10-14/h2-10H,12H2,1H3. The van der Waals surface area contributed by atoms with Gasteiger partial charge in [-0.3, -0.25) is 4.31 Å². The minimum Gasteiger partial charge on any atom is -0.273 e. The highest BCUT2D eigenvalue weighted by atomic mass is 32.2. The van der Waals surface area contributed by atoms with E-state index in [1.807, 2.05) is 12.1 Å². The Morgan fingerprint density at radius 1 is 1.05 bits per heavy atom. The Morgan fingerprint density at radius 2 is 1.65 bits per heavy atom. The number of nitriles is 1. The van der Waals surface area contributed by atoms with Gasteiger partial charge in [0.05, 0.1) is 23.1 Å². The summed E-state index contributed by atoms with van der Waals surface area (Å²) in [7, 11) is -1.90. The molecule has 2 aromatic carbocycles. The summed E-state index contributed by atoms with van der Waals surface area (Å²) >= 11 is 0. The maximum atomic E-state index is 12.3. The smallest absolute Gasteiger partial charge is 0.239 e. The van der Waals surface area contributed by atoms with E-state index in [4.69, 9.17) is 5.26 Å². The SMILES string of the molecule is CN(c1ccccc1)S(=O)(=O)Cc1ccc(C#N)cc1. The van der Waals surface area contributed by atoms with Gasteiger partial charge >= 0.3 is 0 Å². The molecule has 0 spiro atoms. The van der Waals surface area contributed by atoms with Crippen LogP contribution in [-0.2, 0) is 15.8 Å². The molecule has 0 N–H and O–H groups in total. The van der Waals surface area contributed by atoms with Crippen molar-refractivity contribution in [3.8, 4) is 6.07 Å². The molecule has 0 amide bonds. The number of rotatable bonds is 4. The van der Waals surface area contributed by atoms with E-state index in [1.54, 1.807) is 48.5 Å². The van der Waals surface area contributed by atoms with Gasteiger partial charge in [0.25, 0.3) is 0 Å². The minimum atomic E-state index is -3.44. The van der Waals surface area contributed by atoms with Crippen molar-refractivity contribution < 1.29 is 8.42 Å². The normalized spacial score (nSPS) is 10.8. The molecular formula is C15H14N2O2S. The molecule has 0 fully saturated rings. The van der Waals surface area contributed by atoms with E-state index >= 15 is 0 Å². The Bertz CT molecular complexity index is 717. The molecule has 2 aromatic rings. The Balaban J connectivity index is 2.20. The van der Waals surface area contributed by atoms with Crippen LogP contribution < -0.4 is 4.31 Å². The third-order valence-electron chi connectivity index (χ3n) is 2.97. The molecule has 0 radical (unpaired) electrons. The number of hydrogen-bond acceptors (Lipinski definition) is 3. The summed E-state index contributed by atoms with van der Waals surface area (Å²) in [6.07, 6.45) is 0. The van der Waals surface area contributed by atoms with E-state index in [0.29, 0.717) is 16.8 Å². The number of nitrogens with zero attached hydrogens (tertiary/aromatic N) is 2. The molecule has 5 heteroatoms. The largest absolute Gasteiger partial charge is 0.273 e. The zero-order valence-corrected chi connectivity index (χ0v) is 11.8. The maximum absolute atomic E-state index is 12.3. The van der Waals surface area contributed by atoms with Crippen LogP contribution in [0.5, 0.6) is 0 Å². The molecular weight excluding hydrogens is 272 g/mol. The van der Waals surface area contributed by atoms with Gasteiger partial charge in [-0.05, 0) is 29.8 Å². The molecule has 0 saturated heterocycles. The van der Waals surface area contributed by atoms with Crippen LogP contribution in [0.4, 0.5) is 5.69 Å². The Morgan fingerprint density at radius 3 is 2.20 bits per heavy atom. The minimum absolute atomic E-state index is 0.0932. The van der Waals surface area contributed by atoms with Gasteiger partial charge in [0.15, 0.2) is 0 Å². The van der Waals surface area contributed by atoms with E-state index < -0.39 is 10.0 Å². The number of sulfonamides is 1. The van der Waals surface area contributed by atoms with Gasteiger partial charge in [-0.2, -0.15) is 5.26 Å². The molecule has 0 aliphatic rings. The third kappa shape index (κ3) is 3.16. The third-order valence-corrected chi connectivity index (χ3v) is 4.71. The first kappa shape index (κ1) is 14.1. The quantitative estimate of drug-likeness (QED) is 0.867. The van der Waals surface area contributed by atoms with Crippen molar-refractivity contribution in [2.45, 2.75) is 5.75 Å². The lowest BCUT2D eigenvalue weighted by Gasteiger charge is -2.19. The van der Waals surface area contributed by atoms with Crippen LogP contribution in [0.2, 0.25) is 0 Å². The predicted molar refractivity (Wildman–Crippen MR) is 78.6 cm³/mol.